The monoisotopic (exact) mass is 273 g/mol. The molecule has 5 heteroatoms. The largest absolute Gasteiger partial charge is 0.419 e. The molecule has 0 saturated carbocycles. The molecule has 19 heavy (non-hydrogen) atoms. The highest BCUT2D eigenvalue weighted by atomic mass is 19.4. The van der Waals surface area contributed by atoms with Gasteiger partial charge in [0.05, 0.1) is 5.56 Å². The Bertz CT molecular complexity index is 459. The van der Waals surface area contributed by atoms with Crippen LogP contribution in [0.25, 0.3) is 0 Å². The second kappa shape index (κ2) is 6.58. The van der Waals surface area contributed by atoms with Crippen molar-refractivity contribution < 1.29 is 17.6 Å². The Kier molecular flexibility index (Phi) is 5.37. The van der Waals surface area contributed by atoms with E-state index in [0.717, 1.165) is 18.6 Å². The summed E-state index contributed by atoms with van der Waals surface area (Å²) in [6.07, 6.45) is 1.79. The first-order chi connectivity index (χ1) is 8.88. The van der Waals surface area contributed by atoms with E-state index >= 15 is 0 Å². The van der Waals surface area contributed by atoms with E-state index in [1.807, 2.05) is 6.92 Å². The summed E-state index contributed by atoms with van der Waals surface area (Å²) in [4.78, 5) is 0. The normalized spacial score (nSPS) is 13.1. The standard InChI is InChI=1S/C14H15F4N/c1-3-5-11(4-2)19-9-10-6-7-13(15)12(8-10)14(16,17)18/h1,6-8,11,19H,4-5,9H2,2H3. The summed E-state index contributed by atoms with van der Waals surface area (Å²) < 4.78 is 50.7. The van der Waals surface area contributed by atoms with Gasteiger partial charge < -0.3 is 5.32 Å². The van der Waals surface area contributed by atoms with Crippen LogP contribution in [0, 0.1) is 18.2 Å². The fourth-order valence-electron chi connectivity index (χ4n) is 1.66. The quantitative estimate of drug-likeness (QED) is 0.636. The minimum atomic E-state index is -4.68. The van der Waals surface area contributed by atoms with Gasteiger partial charge in [-0.05, 0) is 24.1 Å². The number of rotatable bonds is 5. The molecule has 0 aliphatic carbocycles. The predicted octanol–water partition coefficient (Wildman–Crippen LogP) is 3.74. The maximum atomic E-state index is 13.1. The number of hydrogen-bond donors (Lipinski definition) is 1. The molecule has 0 amide bonds. The average Bonchev–Trinajstić information content (AvgIpc) is 2.34. The first-order valence-electron chi connectivity index (χ1n) is 5.91. The Morgan fingerprint density at radius 2 is 2.05 bits per heavy atom. The predicted molar refractivity (Wildman–Crippen MR) is 65.8 cm³/mol. The number of halogens is 4. The van der Waals surface area contributed by atoms with Crippen LogP contribution in [0.1, 0.15) is 30.9 Å². The van der Waals surface area contributed by atoms with Gasteiger partial charge in [0, 0.05) is 19.0 Å². The lowest BCUT2D eigenvalue weighted by molar-refractivity contribution is -0.140. The molecule has 0 heterocycles. The number of nitrogens with one attached hydrogen (secondary N) is 1. The molecule has 1 atom stereocenters. The fraction of sp³-hybridized carbons (Fsp3) is 0.429. The molecule has 104 valence electrons. The minimum absolute atomic E-state index is 0.0457. The Hall–Kier alpha value is -1.54. The molecule has 0 aromatic heterocycles. The Morgan fingerprint density at radius 1 is 1.37 bits per heavy atom. The number of terminal acetylenes is 1. The lowest BCUT2D eigenvalue weighted by Gasteiger charge is -2.15. The SMILES string of the molecule is C#CCC(CC)NCc1ccc(F)c(C(F)(F)F)c1. The molecule has 1 N–H and O–H groups in total. The molecule has 0 saturated heterocycles. The Balaban J connectivity index is 2.78. The van der Waals surface area contributed by atoms with E-state index < -0.39 is 17.6 Å². The van der Waals surface area contributed by atoms with Gasteiger partial charge in [-0.2, -0.15) is 13.2 Å². The van der Waals surface area contributed by atoms with Crippen LogP contribution in [0.2, 0.25) is 0 Å². The van der Waals surface area contributed by atoms with Gasteiger partial charge in [-0.25, -0.2) is 4.39 Å². The Labute approximate surface area is 110 Å². The van der Waals surface area contributed by atoms with E-state index in [1.54, 1.807) is 0 Å². The van der Waals surface area contributed by atoms with Crippen molar-refractivity contribution >= 4 is 0 Å². The number of benzene rings is 1. The van der Waals surface area contributed by atoms with Crippen LogP contribution in [0.4, 0.5) is 17.6 Å². The van der Waals surface area contributed by atoms with Crippen molar-refractivity contribution in [3.05, 3.63) is 35.1 Å². The maximum Gasteiger partial charge on any atom is 0.419 e. The van der Waals surface area contributed by atoms with E-state index in [0.29, 0.717) is 12.0 Å². The first-order valence-corrected chi connectivity index (χ1v) is 5.91. The summed E-state index contributed by atoms with van der Waals surface area (Å²) in [5.41, 5.74) is -0.860. The van der Waals surface area contributed by atoms with Crippen molar-refractivity contribution in [1.29, 1.82) is 0 Å². The number of hydrogen-bond acceptors (Lipinski definition) is 1. The van der Waals surface area contributed by atoms with Gasteiger partial charge in [0.2, 0.25) is 0 Å². The van der Waals surface area contributed by atoms with E-state index in [1.165, 1.54) is 6.07 Å². The lowest BCUT2D eigenvalue weighted by atomic mass is 10.1. The van der Waals surface area contributed by atoms with E-state index in [-0.39, 0.29) is 12.6 Å². The topological polar surface area (TPSA) is 12.0 Å². The molecule has 0 aliphatic heterocycles. The van der Waals surface area contributed by atoms with Crippen molar-refractivity contribution in [1.82, 2.24) is 5.32 Å². The molecular weight excluding hydrogens is 258 g/mol. The van der Waals surface area contributed by atoms with Crippen molar-refractivity contribution in [2.75, 3.05) is 0 Å². The third-order valence-electron chi connectivity index (χ3n) is 2.79. The molecule has 0 radical (unpaired) electrons. The highest BCUT2D eigenvalue weighted by Crippen LogP contribution is 2.31. The van der Waals surface area contributed by atoms with E-state index in [2.05, 4.69) is 11.2 Å². The van der Waals surface area contributed by atoms with Crippen molar-refractivity contribution in [2.45, 2.75) is 38.5 Å². The smallest absolute Gasteiger partial charge is 0.309 e. The van der Waals surface area contributed by atoms with Crippen LogP contribution in [-0.2, 0) is 12.7 Å². The highest BCUT2D eigenvalue weighted by molar-refractivity contribution is 5.27. The summed E-state index contributed by atoms with van der Waals surface area (Å²) >= 11 is 0. The molecule has 1 nitrogen and oxygen atoms in total. The second-order valence-corrected chi connectivity index (χ2v) is 4.21. The average molecular weight is 273 g/mol. The molecule has 0 fully saturated rings. The van der Waals surface area contributed by atoms with Crippen LogP contribution in [0.15, 0.2) is 18.2 Å². The zero-order valence-electron chi connectivity index (χ0n) is 10.5. The third kappa shape index (κ3) is 4.56. The van der Waals surface area contributed by atoms with Crippen molar-refractivity contribution in [3.63, 3.8) is 0 Å². The first kappa shape index (κ1) is 15.5. The summed E-state index contributed by atoms with van der Waals surface area (Å²) in [5, 5.41) is 3.05. The van der Waals surface area contributed by atoms with Crippen LogP contribution in [-0.4, -0.2) is 6.04 Å². The maximum absolute atomic E-state index is 13.1. The third-order valence-corrected chi connectivity index (χ3v) is 2.79. The van der Waals surface area contributed by atoms with Gasteiger partial charge in [0.25, 0.3) is 0 Å². The number of alkyl halides is 3. The summed E-state index contributed by atoms with van der Waals surface area (Å²) in [6.45, 7) is 2.16. The van der Waals surface area contributed by atoms with Gasteiger partial charge in [0.15, 0.2) is 0 Å². The molecule has 1 aromatic rings. The van der Waals surface area contributed by atoms with Gasteiger partial charge in [0.1, 0.15) is 5.82 Å². The molecular formula is C14H15F4N. The highest BCUT2D eigenvalue weighted by Gasteiger charge is 2.34. The van der Waals surface area contributed by atoms with Crippen LogP contribution >= 0.6 is 0 Å². The minimum Gasteiger partial charge on any atom is -0.309 e. The molecule has 0 aliphatic rings. The van der Waals surface area contributed by atoms with Gasteiger partial charge in [-0.3, -0.25) is 0 Å². The zero-order chi connectivity index (χ0) is 14.5. The molecule has 0 spiro atoms. The molecule has 1 rings (SSSR count). The van der Waals surface area contributed by atoms with Crippen LogP contribution in [0.3, 0.4) is 0 Å². The zero-order valence-corrected chi connectivity index (χ0v) is 10.5. The molecule has 0 bridgehead atoms. The van der Waals surface area contributed by atoms with Gasteiger partial charge >= 0.3 is 6.18 Å². The molecule has 1 aromatic carbocycles. The molecule has 1 unspecified atom stereocenters. The summed E-state index contributed by atoms with van der Waals surface area (Å²) in [7, 11) is 0. The van der Waals surface area contributed by atoms with Gasteiger partial charge in [-0.15, -0.1) is 12.3 Å². The van der Waals surface area contributed by atoms with E-state index in [9.17, 15) is 17.6 Å². The second-order valence-electron chi connectivity index (χ2n) is 4.21. The van der Waals surface area contributed by atoms with Crippen molar-refractivity contribution in [3.8, 4) is 12.3 Å². The van der Waals surface area contributed by atoms with Crippen LogP contribution < -0.4 is 5.32 Å². The van der Waals surface area contributed by atoms with Crippen molar-refractivity contribution in [2.24, 2.45) is 0 Å². The fourth-order valence-corrected chi connectivity index (χ4v) is 1.66. The van der Waals surface area contributed by atoms with Gasteiger partial charge in [-0.1, -0.05) is 13.0 Å². The summed E-state index contributed by atoms with van der Waals surface area (Å²) in [5.74, 6) is 1.24. The van der Waals surface area contributed by atoms with E-state index in [4.69, 9.17) is 6.42 Å². The lowest BCUT2D eigenvalue weighted by Crippen LogP contribution is -2.27. The summed E-state index contributed by atoms with van der Waals surface area (Å²) in [6, 6.07) is 3.04. The Morgan fingerprint density at radius 3 is 2.58 bits per heavy atom. The van der Waals surface area contributed by atoms with Crippen LogP contribution in [0.5, 0.6) is 0 Å².